The first-order chi connectivity index (χ1) is 4.13. The summed E-state index contributed by atoms with van der Waals surface area (Å²) in [5, 5.41) is 9.51. The molecule has 0 rings (SSSR count). The quantitative estimate of drug-likeness (QED) is 0.318. The molecule has 0 saturated heterocycles. The van der Waals surface area contributed by atoms with Crippen LogP contribution in [0.3, 0.4) is 0 Å². The van der Waals surface area contributed by atoms with Gasteiger partial charge in [-0.25, -0.2) is 9.90 Å². The van der Waals surface area contributed by atoms with Crippen molar-refractivity contribution in [3.05, 3.63) is 12.3 Å². The third-order valence-electron chi connectivity index (χ3n) is 0.351. The summed E-state index contributed by atoms with van der Waals surface area (Å²) in [4.78, 5) is 9.51. The van der Waals surface area contributed by atoms with Crippen LogP contribution >= 0.6 is 0 Å². The Balaban J connectivity index is 3.61. The summed E-state index contributed by atoms with van der Waals surface area (Å²) in [6, 6.07) is 0. The first-order valence-corrected chi connectivity index (χ1v) is 2.91. The maximum Gasteiger partial charge on any atom is 0.382 e. The van der Waals surface area contributed by atoms with Crippen LogP contribution in [-0.4, -0.2) is 14.4 Å². The van der Waals surface area contributed by atoms with Crippen LogP contribution in [0.4, 0.5) is 0 Å². The molecule has 0 aliphatic rings. The fraction of sp³-hybridized carbons (Fsp3) is 0. The van der Waals surface area contributed by atoms with Gasteiger partial charge in [0, 0.05) is 0 Å². The van der Waals surface area contributed by atoms with E-state index in [9.17, 15) is 18.3 Å². The van der Waals surface area contributed by atoms with Crippen LogP contribution in [0.25, 0.3) is 0 Å². The average Bonchev–Trinajstić information content (AvgIpc) is 1.63. The Morgan fingerprint density at radius 1 is 1.44 bits per heavy atom. The van der Waals surface area contributed by atoms with E-state index in [2.05, 4.69) is 4.18 Å². The molecule has 0 aliphatic heterocycles. The molecule has 0 aliphatic carbocycles. The molecular formula is C3H3O5S. The molecule has 0 spiro atoms. The third-order valence-corrected chi connectivity index (χ3v) is 0.645. The lowest BCUT2D eigenvalue weighted by Gasteiger charge is -1.79. The second-order valence-corrected chi connectivity index (χ2v) is 1.61. The van der Waals surface area contributed by atoms with Crippen LogP contribution in [0.1, 0.15) is 0 Å². The maximum absolute atomic E-state index is 9.53. The van der Waals surface area contributed by atoms with E-state index in [0.717, 1.165) is 0 Å². The average molecular weight is 151 g/mol. The molecule has 0 aromatic rings. The van der Waals surface area contributed by atoms with Crippen molar-refractivity contribution in [1.29, 1.82) is 0 Å². The van der Waals surface area contributed by atoms with Crippen molar-refractivity contribution >= 4 is 17.0 Å². The molecule has 6 heteroatoms. The zero-order valence-corrected chi connectivity index (χ0v) is 5.04. The fourth-order valence-corrected chi connectivity index (χ4v) is 0.296. The number of hydrogen-bond donors (Lipinski definition) is 1. The Bertz CT molecular complexity index is 182. The minimum Gasteiger partial charge on any atom is -0.392 e. The summed E-state index contributed by atoms with van der Waals surface area (Å²) >= 11 is 0. The molecular weight excluding hydrogens is 148 g/mol. The maximum atomic E-state index is 9.53. The molecule has 9 heavy (non-hydrogen) atoms. The summed E-state index contributed by atoms with van der Waals surface area (Å²) in [5.41, 5.74) is 0. The molecule has 0 bridgehead atoms. The Morgan fingerprint density at radius 2 is 2.00 bits per heavy atom. The van der Waals surface area contributed by atoms with Gasteiger partial charge in [-0.15, -0.1) is 0 Å². The second-order valence-electron chi connectivity index (χ2n) is 0.951. The van der Waals surface area contributed by atoms with Gasteiger partial charge in [0.15, 0.2) is 0 Å². The smallest absolute Gasteiger partial charge is 0.382 e. The summed E-state index contributed by atoms with van der Waals surface area (Å²) < 4.78 is 22.8. The molecule has 5 nitrogen and oxygen atoms in total. The van der Waals surface area contributed by atoms with Crippen molar-refractivity contribution in [2.75, 3.05) is 0 Å². The van der Waals surface area contributed by atoms with Crippen molar-refractivity contribution in [2.24, 2.45) is 0 Å². The van der Waals surface area contributed by atoms with Gasteiger partial charge in [-0.3, -0.25) is 0 Å². The minimum absolute atomic E-state index is 0.463. The highest BCUT2D eigenvalue weighted by Gasteiger charge is 1.87. The van der Waals surface area contributed by atoms with E-state index >= 15 is 0 Å². The minimum atomic E-state index is -3.01. The van der Waals surface area contributed by atoms with Gasteiger partial charge in [0.1, 0.15) is 6.26 Å². The van der Waals surface area contributed by atoms with E-state index in [1.165, 1.54) is 0 Å². The zero-order valence-electron chi connectivity index (χ0n) is 4.14. The second kappa shape index (κ2) is 3.90. The lowest BCUT2D eigenvalue weighted by atomic mass is 10.7. The van der Waals surface area contributed by atoms with Crippen molar-refractivity contribution < 1.29 is 22.5 Å². The Morgan fingerprint density at radius 3 is 2.33 bits per heavy atom. The predicted molar refractivity (Wildman–Crippen MR) is 26.2 cm³/mol. The van der Waals surface area contributed by atoms with Crippen LogP contribution in [0.2, 0.25) is 0 Å². The Hall–Kier alpha value is -1.04. The molecule has 0 aromatic carbocycles. The van der Waals surface area contributed by atoms with Crippen LogP contribution in [-0.2, 0) is 25.1 Å². The molecule has 0 amide bonds. The number of hydrogen-bond acceptors (Lipinski definition) is 4. The molecule has 0 aromatic heterocycles. The Kier molecular flexibility index (Phi) is 3.45. The van der Waals surface area contributed by atoms with Crippen molar-refractivity contribution in [2.45, 2.75) is 0 Å². The van der Waals surface area contributed by atoms with Gasteiger partial charge in [0.25, 0.3) is 11.0 Å². The Labute approximate surface area is 52.7 Å². The lowest BCUT2D eigenvalue weighted by molar-refractivity contribution is -0.137. The van der Waals surface area contributed by atoms with Gasteiger partial charge in [-0.1, -0.05) is 0 Å². The molecule has 0 heterocycles. The number of carbonyl (C=O) groups is 1. The number of carbonyl (C=O) groups excluding carboxylic acids is 1. The van der Waals surface area contributed by atoms with Crippen LogP contribution in [0.15, 0.2) is 12.3 Å². The zero-order chi connectivity index (χ0) is 7.28. The molecule has 0 unspecified atom stereocenters. The van der Waals surface area contributed by atoms with Crippen molar-refractivity contribution in [1.82, 2.24) is 0 Å². The fourth-order valence-electron chi connectivity index (χ4n) is 0.136. The molecule has 1 radical (unpaired) electrons. The lowest BCUT2D eigenvalue weighted by Crippen LogP contribution is -1.84. The van der Waals surface area contributed by atoms with Gasteiger partial charge in [-0.2, -0.15) is 8.42 Å². The predicted octanol–water partition coefficient (Wildman–Crippen LogP) is -1.000. The highest BCUT2D eigenvalue weighted by Crippen LogP contribution is 1.76. The van der Waals surface area contributed by atoms with Crippen LogP contribution in [0.5, 0.6) is 0 Å². The normalized spacial score (nSPS) is 10.3. The van der Waals surface area contributed by atoms with Gasteiger partial charge in [0.2, 0.25) is 0 Å². The van der Waals surface area contributed by atoms with E-state index in [1.807, 2.05) is 0 Å². The van der Waals surface area contributed by atoms with E-state index in [4.69, 9.17) is 0 Å². The number of thiol groups is 1. The van der Waals surface area contributed by atoms with Gasteiger partial charge >= 0.3 is 5.97 Å². The van der Waals surface area contributed by atoms with Gasteiger partial charge in [0.05, 0.1) is 6.08 Å². The molecule has 0 atom stereocenters. The van der Waals surface area contributed by atoms with Crippen molar-refractivity contribution in [3.8, 4) is 0 Å². The molecule has 0 saturated carbocycles. The van der Waals surface area contributed by atoms with Crippen LogP contribution < -0.4 is 0 Å². The summed E-state index contributed by atoms with van der Waals surface area (Å²) in [6.45, 7) is 0. The largest absolute Gasteiger partial charge is 0.392 e. The first kappa shape index (κ1) is 7.96. The molecule has 0 fully saturated rings. The van der Waals surface area contributed by atoms with Gasteiger partial charge in [-0.05, 0) is 0 Å². The summed E-state index contributed by atoms with van der Waals surface area (Å²) in [5.74, 6) is -1.51. The van der Waals surface area contributed by atoms with Gasteiger partial charge < -0.3 is 4.18 Å². The molecule has 51 valence electrons. The summed E-state index contributed by atoms with van der Waals surface area (Å²) in [6.07, 6.45) is 0.978. The number of rotatable bonds is 3. The summed E-state index contributed by atoms with van der Waals surface area (Å²) in [7, 11) is -3.01. The van der Waals surface area contributed by atoms with E-state index < -0.39 is 17.0 Å². The SMILES string of the molecule is [O]C(=O)C=CO[SH](=O)=O. The van der Waals surface area contributed by atoms with E-state index in [1.54, 1.807) is 0 Å². The topological polar surface area (TPSA) is 80.3 Å². The monoisotopic (exact) mass is 151 g/mol. The first-order valence-electron chi connectivity index (χ1n) is 1.81. The standard InChI is InChI=1S/C3H3O5S/c4-3(5)1-2-8-9(6)7/h1-2,9H. The highest BCUT2D eigenvalue weighted by molar-refractivity contribution is 7.67. The van der Waals surface area contributed by atoms with E-state index in [0.29, 0.717) is 12.3 Å². The molecule has 0 N–H and O–H groups in total. The van der Waals surface area contributed by atoms with Crippen molar-refractivity contribution in [3.63, 3.8) is 0 Å². The van der Waals surface area contributed by atoms with Crippen LogP contribution in [0, 0.1) is 0 Å². The highest BCUT2D eigenvalue weighted by atomic mass is 32.2. The third kappa shape index (κ3) is 6.96. The van der Waals surface area contributed by atoms with E-state index in [-0.39, 0.29) is 0 Å².